The molecule has 1 rings (SSSR count). The Balaban J connectivity index is 2.90. The molecule has 0 heterocycles. The molecule has 0 bridgehead atoms. The van der Waals surface area contributed by atoms with Crippen LogP contribution in [0.3, 0.4) is 0 Å². The van der Waals surface area contributed by atoms with Gasteiger partial charge in [0.1, 0.15) is 0 Å². The number of rotatable bonds is 7. The first-order valence-corrected chi connectivity index (χ1v) is 7.05. The van der Waals surface area contributed by atoms with Crippen molar-refractivity contribution in [1.29, 1.82) is 0 Å². The van der Waals surface area contributed by atoms with Crippen molar-refractivity contribution in [2.24, 2.45) is 0 Å². The van der Waals surface area contributed by atoms with Crippen LogP contribution in [-0.4, -0.2) is 19.3 Å². The van der Waals surface area contributed by atoms with E-state index in [0.717, 1.165) is 17.7 Å². The highest BCUT2D eigenvalue weighted by molar-refractivity contribution is 6.31. The summed E-state index contributed by atoms with van der Waals surface area (Å²) in [5.41, 5.74) is 1.11. The highest BCUT2D eigenvalue weighted by Gasteiger charge is 2.16. The van der Waals surface area contributed by atoms with E-state index >= 15 is 0 Å². The first kappa shape index (κ1) is 16.1. The molecule has 0 atom stereocenters. The summed E-state index contributed by atoms with van der Waals surface area (Å²) in [7, 11) is 1.64. The molecule has 0 aliphatic heterocycles. The Kier molecular flexibility index (Phi) is 5.95. The van der Waals surface area contributed by atoms with E-state index in [1.807, 2.05) is 19.1 Å². The Bertz CT molecular complexity index is 419. The molecule has 1 aromatic rings. The Hall–Kier alpha value is -0.930. The lowest BCUT2D eigenvalue weighted by Gasteiger charge is -2.25. The predicted molar refractivity (Wildman–Crippen MR) is 80.4 cm³/mol. The van der Waals surface area contributed by atoms with Crippen molar-refractivity contribution < 1.29 is 9.47 Å². The lowest BCUT2D eigenvalue weighted by Crippen LogP contribution is -2.37. The van der Waals surface area contributed by atoms with Gasteiger partial charge in [0.05, 0.1) is 13.7 Å². The van der Waals surface area contributed by atoms with Gasteiger partial charge in [0.2, 0.25) is 0 Å². The van der Waals surface area contributed by atoms with Gasteiger partial charge in [-0.2, -0.15) is 0 Å². The minimum atomic E-state index is 0.0924. The molecule has 0 fully saturated rings. The average Bonchev–Trinajstić information content (AvgIpc) is 2.38. The molecule has 0 aliphatic rings. The standard InChI is InChI=1S/C15H24ClNO2/c1-6-15(3,4)17-10-11-8-13(18-5)14(19-7-2)9-12(11)16/h8-9,17H,6-7,10H2,1-5H3. The lowest BCUT2D eigenvalue weighted by molar-refractivity contribution is 0.310. The summed E-state index contributed by atoms with van der Waals surface area (Å²) in [5, 5.41) is 4.19. The monoisotopic (exact) mass is 285 g/mol. The number of hydrogen-bond donors (Lipinski definition) is 1. The van der Waals surface area contributed by atoms with Crippen LogP contribution in [0, 0.1) is 0 Å². The van der Waals surface area contributed by atoms with Crippen molar-refractivity contribution in [1.82, 2.24) is 5.32 Å². The van der Waals surface area contributed by atoms with E-state index in [2.05, 4.69) is 26.1 Å². The summed E-state index contributed by atoms with van der Waals surface area (Å²) in [6.07, 6.45) is 1.05. The smallest absolute Gasteiger partial charge is 0.162 e. The zero-order valence-electron chi connectivity index (χ0n) is 12.5. The quantitative estimate of drug-likeness (QED) is 0.820. The molecule has 0 aliphatic carbocycles. The highest BCUT2D eigenvalue weighted by Crippen LogP contribution is 2.33. The molecular formula is C15H24ClNO2. The van der Waals surface area contributed by atoms with E-state index in [1.165, 1.54) is 0 Å². The second kappa shape index (κ2) is 7.01. The van der Waals surface area contributed by atoms with Gasteiger partial charge in [-0.25, -0.2) is 0 Å². The summed E-state index contributed by atoms with van der Waals surface area (Å²) in [4.78, 5) is 0. The fourth-order valence-corrected chi connectivity index (χ4v) is 1.82. The number of benzene rings is 1. The SMILES string of the molecule is CCOc1cc(Cl)c(CNC(C)(C)CC)cc1OC. The molecule has 0 aromatic heterocycles. The summed E-state index contributed by atoms with van der Waals surface area (Å²) in [5.74, 6) is 1.41. The van der Waals surface area contributed by atoms with Crippen LogP contribution in [0.15, 0.2) is 12.1 Å². The zero-order valence-corrected chi connectivity index (χ0v) is 13.2. The van der Waals surface area contributed by atoms with Gasteiger partial charge in [0.15, 0.2) is 11.5 Å². The van der Waals surface area contributed by atoms with Gasteiger partial charge < -0.3 is 14.8 Å². The largest absolute Gasteiger partial charge is 0.493 e. The molecule has 0 saturated heterocycles. The van der Waals surface area contributed by atoms with Crippen LogP contribution in [0.4, 0.5) is 0 Å². The summed E-state index contributed by atoms with van der Waals surface area (Å²) >= 11 is 6.29. The second-order valence-electron chi connectivity index (χ2n) is 5.12. The maximum atomic E-state index is 6.29. The topological polar surface area (TPSA) is 30.5 Å². The van der Waals surface area contributed by atoms with Crippen LogP contribution in [-0.2, 0) is 6.54 Å². The van der Waals surface area contributed by atoms with Crippen molar-refractivity contribution in [2.45, 2.75) is 46.2 Å². The summed E-state index contributed by atoms with van der Waals surface area (Å²) < 4.78 is 10.8. The number of ether oxygens (including phenoxy) is 2. The molecule has 3 nitrogen and oxygen atoms in total. The number of nitrogens with one attached hydrogen (secondary N) is 1. The minimum absolute atomic E-state index is 0.0924. The summed E-state index contributed by atoms with van der Waals surface area (Å²) in [6.45, 7) is 9.74. The van der Waals surface area contributed by atoms with E-state index in [9.17, 15) is 0 Å². The van der Waals surface area contributed by atoms with Crippen molar-refractivity contribution in [3.8, 4) is 11.5 Å². The molecule has 1 aromatic carbocycles. The Labute approximate surface area is 121 Å². The van der Waals surface area contributed by atoms with Crippen LogP contribution in [0.5, 0.6) is 11.5 Å². The van der Waals surface area contributed by atoms with Crippen LogP contribution in [0.1, 0.15) is 39.7 Å². The van der Waals surface area contributed by atoms with Crippen molar-refractivity contribution in [3.05, 3.63) is 22.7 Å². The highest BCUT2D eigenvalue weighted by atomic mass is 35.5. The van der Waals surface area contributed by atoms with Gasteiger partial charge in [-0.15, -0.1) is 0 Å². The fraction of sp³-hybridized carbons (Fsp3) is 0.600. The van der Waals surface area contributed by atoms with Crippen LogP contribution >= 0.6 is 11.6 Å². The first-order chi connectivity index (χ1) is 8.93. The third-order valence-corrected chi connectivity index (χ3v) is 3.63. The normalized spacial score (nSPS) is 11.5. The fourth-order valence-electron chi connectivity index (χ4n) is 1.60. The number of methoxy groups -OCH3 is 1. The van der Waals surface area contributed by atoms with Crippen LogP contribution in [0.2, 0.25) is 5.02 Å². The van der Waals surface area contributed by atoms with Gasteiger partial charge in [-0.3, -0.25) is 0 Å². The van der Waals surface area contributed by atoms with E-state index in [-0.39, 0.29) is 5.54 Å². The third kappa shape index (κ3) is 4.59. The molecule has 0 radical (unpaired) electrons. The van der Waals surface area contributed by atoms with Crippen molar-refractivity contribution in [3.63, 3.8) is 0 Å². The maximum absolute atomic E-state index is 6.29. The van der Waals surface area contributed by atoms with E-state index in [1.54, 1.807) is 7.11 Å². The average molecular weight is 286 g/mol. The molecule has 19 heavy (non-hydrogen) atoms. The van der Waals surface area contributed by atoms with Crippen LogP contribution in [0.25, 0.3) is 0 Å². The molecule has 0 spiro atoms. The first-order valence-electron chi connectivity index (χ1n) is 6.67. The summed E-state index contributed by atoms with van der Waals surface area (Å²) in [6, 6.07) is 3.76. The van der Waals surface area contributed by atoms with Gasteiger partial charge in [-0.1, -0.05) is 18.5 Å². The third-order valence-electron chi connectivity index (χ3n) is 3.27. The van der Waals surface area contributed by atoms with Gasteiger partial charge in [0, 0.05) is 23.2 Å². The predicted octanol–water partition coefficient (Wildman–Crippen LogP) is 4.03. The molecule has 0 amide bonds. The second-order valence-corrected chi connectivity index (χ2v) is 5.53. The van der Waals surface area contributed by atoms with Gasteiger partial charge >= 0.3 is 0 Å². The molecule has 108 valence electrons. The number of hydrogen-bond acceptors (Lipinski definition) is 3. The van der Waals surface area contributed by atoms with Gasteiger partial charge in [-0.05, 0) is 38.8 Å². The van der Waals surface area contributed by atoms with E-state index in [4.69, 9.17) is 21.1 Å². The Morgan fingerprint density at radius 3 is 2.42 bits per heavy atom. The van der Waals surface area contributed by atoms with E-state index in [0.29, 0.717) is 23.9 Å². The molecule has 0 unspecified atom stereocenters. The lowest BCUT2D eigenvalue weighted by atomic mass is 10.0. The van der Waals surface area contributed by atoms with E-state index < -0.39 is 0 Å². The minimum Gasteiger partial charge on any atom is -0.493 e. The molecule has 1 N–H and O–H groups in total. The molecule has 4 heteroatoms. The maximum Gasteiger partial charge on any atom is 0.162 e. The molecule has 0 saturated carbocycles. The molecular weight excluding hydrogens is 262 g/mol. The van der Waals surface area contributed by atoms with Gasteiger partial charge in [0.25, 0.3) is 0 Å². The van der Waals surface area contributed by atoms with Crippen LogP contribution < -0.4 is 14.8 Å². The number of halogens is 1. The Morgan fingerprint density at radius 2 is 1.89 bits per heavy atom. The Morgan fingerprint density at radius 1 is 1.21 bits per heavy atom. The zero-order chi connectivity index (χ0) is 14.5. The van der Waals surface area contributed by atoms with Crippen molar-refractivity contribution >= 4 is 11.6 Å². The van der Waals surface area contributed by atoms with Crippen molar-refractivity contribution in [2.75, 3.05) is 13.7 Å².